The number of carbonyl (C=O) groups is 2. The van der Waals surface area contributed by atoms with Crippen LogP contribution in [-0.2, 0) is 20.7 Å². The van der Waals surface area contributed by atoms with Crippen LogP contribution >= 0.6 is 0 Å². The summed E-state index contributed by atoms with van der Waals surface area (Å²) in [5.74, 6) is -1.04. The monoisotopic (exact) mass is 371 g/mol. The first-order chi connectivity index (χ1) is 13.0. The molecule has 0 atom stereocenters. The Kier molecular flexibility index (Phi) is 5.83. The number of carbonyl (C=O) groups excluding carboxylic acids is 2. The summed E-state index contributed by atoms with van der Waals surface area (Å²) in [5, 5.41) is 5.35. The van der Waals surface area contributed by atoms with Crippen LogP contribution in [0.4, 0.5) is 15.8 Å². The molecule has 7 heteroatoms. The van der Waals surface area contributed by atoms with E-state index in [2.05, 4.69) is 10.6 Å². The molecule has 1 heterocycles. The Morgan fingerprint density at radius 3 is 2.37 bits per heavy atom. The third kappa shape index (κ3) is 4.90. The van der Waals surface area contributed by atoms with Gasteiger partial charge in [0, 0.05) is 18.9 Å². The highest BCUT2D eigenvalue weighted by Crippen LogP contribution is 2.21. The predicted octanol–water partition coefficient (Wildman–Crippen LogP) is 2.45. The van der Waals surface area contributed by atoms with Crippen LogP contribution < -0.4 is 16.4 Å². The molecule has 0 bridgehead atoms. The molecule has 0 saturated carbocycles. The fraction of sp³-hybridized carbons (Fsp3) is 0.300. The molecule has 27 heavy (non-hydrogen) atoms. The van der Waals surface area contributed by atoms with E-state index in [-0.39, 0.29) is 23.9 Å². The highest BCUT2D eigenvalue weighted by atomic mass is 19.1. The molecular weight excluding hydrogens is 349 g/mol. The van der Waals surface area contributed by atoms with Crippen molar-refractivity contribution in [1.82, 2.24) is 0 Å². The number of nitrogens with two attached hydrogens (primary N) is 1. The molecule has 0 aliphatic carbocycles. The number of hydrogen-bond acceptors (Lipinski definition) is 4. The summed E-state index contributed by atoms with van der Waals surface area (Å²) in [4.78, 5) is 24.5. The van der Waals surface area contributed by atoms with Gasteiger partial charge in [-0.1, -0.05) is 24.3 Å². The van der Waals surface area contributed by atoms with E-state index < -0.39 is 11.4 Å². The smallest absolute Gasteiger partial charge is 0.244 e. The Hall–Kier alpha value is -2.77. The van der Waals surface area contributed by atoms with E-state index in [1.165, 1.54) is 12.1 Å². The summed E-state index contributed by atoms with van der Waals surface area (Å²) < 4.78 is 18.8. The maximum absolute atomic E-state index is 13.6. The molecule has 2 aromatic rings. The number of ether oxygens (including phenoxy) is 1. The lowest BCUT2D eigenvalue weighted by Gasteiger charge is -2.31. The zero-order chi connectivity index (χ0) is 19.3. The SMILES string of the molecule is NC1(C(=O)Nc2ccc(CC(=O)Nc3ccccc3F)cc2)CCOCC1. The molecule has 1 saturated heterocycles. The Labute approximate surface area is 156 Å². The van der Waals surface area contributed by atoms with E-state index >= 15 is 0 Å². The Bertz CT molecular complexity index is 817. The molecular formula is C20H22FN3O3. The summed E-state index contributed by atoms with van der Waals surface area (Å²) in [6.45, 7) is 0.944. The first-order valence-electron chi connectivity index (χ1n) is 8.78. The first kappa shape index (κ1) is 19.0. The van der Waals surface area contributed by atoms with Gasteiger partial charge in [-0.25, -0.2) is 4.39 Å². The second-order valence-electron chi connectivity index (χ2n) is 6.62. The van der Waals surface area contributed by atoms with E-state index in [4.69, 9.17) is 10.5 Å². The van der Waals surface area contributed by atoms with Gasteiger partial charge in [0.25, 0.3) is 0 Å². The topological polar surface area (TPSA) is 93.5 Å². The lowest BCUT2D eigenvalue weighted by Crippen LogP contribution is -2.54. The average Bonchev–Trinajstić information content (AvgIpc) is 2.66. The lowest BCUT2D eigenvalue weighted by atomic mass is 9.90. The van der Waals surface area contributed by atoms with E-state index in [0.717, 1.165) is 5.56 Å². The number of amides is 2. The molecule has 4 N–H and O–H groups in total. The number of halogens is 1. The van der Waals surface area contributed by atoms with Crippen molar-refractivity contribution >= 4 is 23.2 Å². The Balaban J connectivity index is 1.56. The maximum Gasteiger partial charge on any atom is 0.244 e. The Morgan fingerprint density at radius 2 is 1.70 bits per heavy atom. The van der Waals surface area contributed by atoms with Crippen molar-refractivity contribution < 1.29 is 18.7 Å². The van der Waals surface area contributed by atoms with Gasteiger partial charge < -0.3 is 21.1 Å². The molecule has 6 nitrogen and oxygen atoms in total. The van der Waals surface area contributed by atoms with Crippen LogP contribution in [0.3, 0.4) is 0 Å². The molecule has 2 aromatic carbocycles. The van der Waals surface area contributed by atoms with Gasteiger partial charge >= 0.3 is 0 Å². The van der Waals surface area contributed by atoms with E-state index in [1.54, 1.807) is 36.4 Å². The molecule has 0 spiro atoms. The number of benzene rings is 2. The first-order valence-corrected chi connectivity index (χ1v) is 8.78. The molecule has 1 aliphatic rings. The summed E-state index contributed by atoms with van der Waals surface area (Å²) in [7, 11) is 0. The number of para-hydroxylation sites is 1. The fourth-order valence-corrected chi connectivity index (χ4v) is 2.87. The third-order valence-corrected chi connectivity index (χ3v) is 4.56. The quantitative estimate of drug-likeness (QED) is 0.753. The fourth-order valence-electron chi connectivity index (χ4n) is 2.87. The van der Waals surface area contributed by atoms with Crippen molar-refractivity contribution in [2.24, 2.45) is 5.73 Å². The number of rotatable bonds is 5. The normalized spacial score (nSPS) is 15.8. The molecule has 0 unspecified atom stereocenters. The largest absolute Gasteiger partial charge is 0.381 e. The van der Waals surface area contributed by atoms with Gasteiger partial charge in [0.15, 0.2) is 0 Å². The summed E-state index contributed by atoms with van der Waals surface area (Å²) in [5.41, 5.74) is 6.74. The highest BCUT2D eigenvalue weighted by molar-refractivity contribution is 5.98. The van der Waals surface area contributed by atoms with Crippen LogP contribution in [0.15, 0.2) is 48.5 Å². The van der Waals surface area contributed by atoms with Gasteiger partial charge in [-0.05, 0) is 42.7 Å². The molecule has 2 amide bonds. The van der Waals surface area contributed by atoms with E-state index in [1.807, 2.05) is 0 Å². The summed E-state index contributed by atoms with van der Waals surface area (Å²) in [6.07, 6.45) is 1.06. The van der Waals surface area contributed by atoms with Crippen molar-refractivity contribution in [2.45, 2.75) is 24.8 Å². The van der Waals surface area contributed by atoms with Crippen molar-refractivity contribution in [1.29, 1.82) is 0 Å². The van der Waals surface area contributed by atoms with Crippen LogP contribution in [0.25, 0.3) is 0 Å². The zero-order valence-electron chi connectivity index (χ0n) is 14.8. The van der Waals surface area contributed by atoms with Crippen molar-refractivity contribution in [3.63, 3.8) is 0 Å². The van der Waals surface area contributed by atoms with Crippen molar-refractivity contribution in [3.8, 4) is 0 Å². The van der Waals surface area contributed by atoms with Crippen LogP contribution in [0.1, 0.15) is 18.4 Å². The van der Waals surface area contributed by atoms with E-state index in [0.29, 0.717) is 31.7 Å². The van der Waals surface area contributed by atoms with Gasteiger partial charge in [0.1, 0.15) is 11.4 Å². The standard InChI is InChI=1S/C20H22FN3O3/c21-16-3-1-2-4-17(16)24-18(25)13-14-5-7-15(8-6-14)23-19(26)20(22)9-11-27-12-10-20/h1-8H,9-13,22H2,(H,23,26)(H,24,25). The summed E-state index contributed by atoms with van der Waals surface area (Å²) >= 11 is 0. The second kappa shape index (κ2) is 8.28. The predicted molar refractivity (Wildman–Crippen MR) is 101 cm³/mol. The minimum atomic E-state index is -0.920. The molecule has 0 aromatic heterocycles. The maximum atomic E-state index is 13.6. The van der Waals surface area contributed by atoms with Crippen LogP contribution in [0.2, 0.25) is 0 Å². The third-order valence-electron chi connectivity index (χ3n) is 4.56. The average molecular weight is 371 g/mol. The number of nitrogens with one attached hydrogen (secondary N) is 2. The zero-order valence-corrected chi connectivity index (χ0v) is 14.8. The molecule has 0 radical (unpaired) electrons. The minimum absolute atomic E-state index is 0.0979. The van der Waals surface area contributed by atoms with Gasteiger partial charge in [-0.3, -0.25) is 9.59 Å². The molecule has 1 fully saturated rings. The van der Waals surface area contributed by atoms with Gasteiger partial charge in [-0.2, -0.15) is 0 Å². The second-order valence-corrected chi connectivity index (χ2v) is 6.62. The summed E-state index contributed by atoms with van der Waals surface area (Å²) in [6, 6.07) is 12.9. The van der Waals surface area contributed by atoms with Gasteiger partial charge in [-0.15, -0.1) is 0 Å². The Morgan fingerprint density at radius 1 is 1.04 bits per heavy atom. The minimum Gasteiger partial charge on any atom is -0.381 e. The molecule has 3 rings (SSSR count). The van der Waals surface area contributed by atoms with Crippen molar-refractivity contribution in [3.05, 3.63) is 59.9 Å². The molecule has 1 aliphatic heterocycles. The lowest BCUT2D eigenvalue weighted by molar-refractivity contribution is -0.124. The molecule has 142 valence electrons. The van der Waals surface area contributed by atoms with Crippen LogP contribution in [0, 0.1) is 5.82 Å². The van der Waals surface area contributed by atoms with Gasteiger partial charge in [0.05, 0.1) is 12.1 Å². The number of hydrogen-bond donors (Lipinski definition) is 3. The number of anilines is 2. The van der Waals surface area contributed by atoms with Crippen molar-refractivity contribution in [2.75, 3.05) is 23.8 Å². The highest BCUT2D eigenvalue weighted by Gasteiger charge is 2.35. The van der Waals surface area contributed by atoms with E-state index in [9.17, 15) is 14.0 Å². The van der Waals surface area contributed by atoms with Crippen LogP contribution in [-0.4, -0.2) is 30.6 Å². The van der Waals surface area contributed by atoms with Crippen LogP contribution in [0.5, 0.6) is 0 Å². The van der Waals surface area contributed by atoms with Gasteiger partial charge in [0.2, 0.25) is 11.8 Å².